The fraction of sp³-hybridized carbons (Fsp3) is 0.308. The zero-order valence-electron chi connectivity index (χ0n) is 10.1. The lowest BCUT2D eigenvalue weighted by Crippen LogP contribution is -2.29. The van der Waals surface area contributed by atoms with E-state index in [9.17, 15) is 10.1 Å². The molecule has 18 heavy (non-hydrogen) atoms. The molecule has 1 aromatic carbocycles. The first-order chi connectivity index (χ1) is 8.52. The molecule has 2 rings (SSSR count). The second-order valence-electron chi connectivity index (χ2n) is 4.27. The van der Waals surface area contributed by atoms with Gasteiger partial charge in [-0.05, 0) is 19.4 Å². The molecule has 0 saturated heterocycles. The number of allylic oxidation sites excluding steroid dienone is 2. The number of benzene rings is 1. The van der Waals surface area contributed by atoms with E-state index >= 15 is 0 Å². The van der Waals surface area contributed by atoms with Crippen LogP contribution < -0.4 is 0 Å². The lowest BCUT2D eigenvalue weighted by Gasteiger charge is -2.24. The van der Waals surface area contributed by atoms with Crippen molar-refractivity contribution in [1.29, 1.82) is 0 Å². The molecule has 4 nitrogen and oxygen atoms in total. The van der Waals surface area contributed by atoms with Crippen molar-refractivity contribution in [3.8, 4) is 0 Å². The maximum atomic E-state index is 11.2. The van der Waals surface area contributed by atoms with Crippen LogP contribution in [0.4, 0.5) is 0 Å². The number of hydrogen-bond acceptors (Lipinski definition) is 3. The Hall–Kier alpha value is -1.68. The third-order valence-electron chi connectivity index (χ3n) is 3.06. The lowest BCUT2D eigenvalue weighted by molar-refractivity contribution is -0.431. The molecule has 0 amide bonds. The van der Waals surface area contributed by atoms with E-state index < -0.39 is 11.3 Å². The van der Waals surface area contributed by atoms with Crippen molar-refractivity contribution in [1.82, 2.24) is 0 Å². The predicted octanol–water partition coefficient (Wildman–Crippen LogP) is 3.36. The summed E-state index contributed by atoms with van der Waals surface area (Å²) in [7, 11) is 0. The summed E-state index contributed by atoms with van der Waals surface area (Å²) in [4.78, 5) is 15.0. The topological polar surface area (TPSA) is 55.5 Å². The van der Waals surface area contributed by atoms with Gasteiger partial charge in [0.05, 0.1) is 16.2 Å². The minimum atomic E-state index is -0.475. The van der Waals surface area contributed by atoms with Crippen LogP contribution in [0.5, 0.6) is 0 Å². The van der Waals surface area contributed by atoms with E-state index in [4.69, 9.17) is 11.6 Å². The van der Waals surface area contributed by atoms with Gasteiger partial charge in [-0.2, -0.15) is 0 Å². The van der Waals surface area contributed by atoms with E-state index in [2.05, 4.69) is 4.99 Å². The van der Waals surface area contributed by atoms with Crippen molar-refractivity contribution in [2.45, 2.75) is 25.1 Å². The highest BCUT2D eigenvalue weighted by molar-refractivity contribution is 6.33. The minimum Gasteiger partial charge on any atom is -0.259 e. The van der Waals surface area contributed by atoms with E-state index in [1.165, 1.54) is 0 Å². The molecule has 0 radical (unpaired) electrons. The van der Waals surface area contributed by atoms with E-state index in [-0.39, 0.29) is 10.6 Å². The molecule has 1 heterocycles. The van der Waals surface area contributed by atoms with Crippen molar-refractivity contribution in [2.75, 3.05) is 0 Å². The van der Waals surface area contributed by atoms with Gasteiger partial charge in [0.15, 0.2) is 0 Å². The molecule has 1 aromatic rings. The Labute approximate surface area is 110 Å². The summed E-state index contributed by atoms with van der Waals surface area (Å²) in [5.41, 5.74) is 2.08. The number of rotatable bonds is 2. The molecule has 0 N–H and O–H groups in total. The Balaban J connectivity index is 2.57. The van der Waals surface area contributed by atoms with Gasteiger partial charge in [-0.15, -0.1) is 11.6 Å². The monoisotopic (exact) mass is 264 g/mol. The normalized spacial score (nSPS) is 23.8. The summed E-state index contributed by atoms with van der Waals surface area (Å²) in [6.07, 6.45) is 0. The number of alkyl halides is 1. The summed E-state index contributed by atoms with van der Waals surface area (Å²) >= 11 is 6.30. The van der Waals surface area contributed by atoms with E-state index in [1.54, 1.807) is 13.8 Å². The summed E-state index contributed by atoms with van der Waals surface area (Å²) < 4.78 is 0. The second-order valence-corrected chi connectivity index (χ2v) is 4.74. The molecular weight excluding hydrogens is 252 g/mol. The zero-order valence-corrected chi connectivity index (χ0v) is 10.9. The van der Waals surface area contributed by atoms with Crippen LogP contribution in [0.15, 0.2) is 46.7 Å². The highest BCUT2D eigenvalue weighted by atomic mass is 35.5. The molecule has 0 saturated carbocycles. The Morgan fingerprint density at radius 2 is 1.89 bits per heavy atom. The van der Waals surface area contributed by atoms with Gasteiger partial charge in [0.25, 0.3) is 5.70 Å². The molecular formula is C13H13ClN2O2. The summed E-state index contributed by atoms with van der Waals surface area (Å²) in [6, 6.07) is 9.30. The van der Waals surface area contributed by atoms with Gasteiger partial charge in [-0.25, -0.2) is 0 Å². The number of nitrogens with zero attached hydrogens (tertiary/aromatic N) is 2. The Kier molecular flexibility index (Phi) is 3.48. The van der Waals surface area contributed by atoms with Crippen LogP contribution in [-0.4, -0.2) is 16.0 Å². The summed E-state index contributed by atoms with van der Waals surface area (Å²) in [5, 5.41) is 10.7. The summed E-state index contributed by atoms with van der Waals surface area (Å²) in [6.45, 7) is 3.45. The average molecular weight is 265 g/mol. The largest absolute Gasteiger partial charge is 0.276 e. The van der Waals surface area contributed by atoms with E-state index in [0.717, 1.165) is 5.56 Å². The summed E-state index contributed by atoms with van der Waals surface area (Å²) in [5.74, 6) is -0.444. The van der Waals surface area contributed by atoms with E-state index in [1.807, 2.05) is 30.3 Å². The number of hydrogen-bond donors (Lipinski definition) is 0. The molecule has 0 aliphatic carbocycles. The van der Waals surface area contributed by atoms with Crippen LogP contribution in [0.25, 0.3) is 0 Å². The van der Waals surface area contributed by atoms with Crippen LogP contribution in [0.3, 0.4) is 0 Å². The van der Waals surface area contributed by atoms with Crippen LogP contribution in [0, 0.1) is 10.1 Å². The van der Waals surface area contributed by atoms with Crippen molar-refractivity contribution < 1.29 is 4.92 Å². The van der Waals surface area contributed by atoms with Crippen LogP contribution in [-0.2, 0) is 0 Å². The zero-order chi connectivity index (χ0) is 13.3. The quantitative estimate of drug-likeness (QED) is 0.467. The third-order valence-corrected chi connectivity index (χ3v) is 3.62. The molecule has 0 bridgehead atoms. The van der Waals surface area contributed by atoms with Gasteiger partial charge in [-0.1, -0.05) is 30.3 Å². The Morgan fingerprint density at radius 3 is 2.44 bits per heavy atom. The third kappa shape index (κ3) is 2.16. The molecule has 0 spiro atoms. The van der Waals surface area contributed by atoms with Gasteiger partial charge < -0.3 is 0 Å². The maximum absolute atomic E-state index is 11.2. The molecule has 0 aromatic heterocycles. The predicted molar refractivity (Wildman–Crippen MR) is 71.6 cm³/mol. The lowest BCUT2D eigenvalue weighted by atomic mass is 9.87. The van der Waals surface area contributed by atoms with Crippen molar-refractivity contribution in [3.05, 3.63) is 57.4 Å². The van der Waals surface area contributed by atoms with Crippen LogP contribution in [0.2, 0.25) is 0 Å². The SMILES string of the molecule is CC1=NC(C)=C([N+](=O)[O-])C(c2ccccc2)C1Cl. The molecule has 1 aliphatic heterocycles. The Morgan fingerprint density at radius 1 is 1.28 bits per heavy atom. The van der Waals surface area contributed by atoms with Gasteiger partial charge >= 0.3 is 0 Å². The van der Waals surface area contributed by atoms with Gasteiger partial charge in [-0.3, -0.25) is 15.1 Å². The number of halogens is 1. The van der Waals surface area contributed by atoms with Crippen LogP contribution >= 0.6 is 11.6 Å². The van der Waals surface area contributed by atoms with Gasteiger partial charge in [0, 0.05) is 5.71 Å². The van der Waals surface area contributed by atoms with Gasteiger partial charge in [0.2, 0.25) is 0 Å². The fourth-order valence-electron chi connectivity index (χ4n) is 2.22. The van der Waals surface area contributed by atoms with Crippen molar-refractivity contribution in [3.63, 3.8) is 0 Å². The smallest absolute Gasteiger partial charge is 0.259 e. The fourth-order valence-corrected chi connectivity index (χ4v) is 2.53. The average Bonchev–Trinajstić information content (AvgIpc) is 2.34. The molecule has 2 atom stereocenters. The van der Waals surface area contributed by atoms with Gasteiger partial charge in [0.1, 0.15) is 5.70 Å². The standard InChI is InChI=1S/C13H13ClN2O2/c1-8-12(14)11(10-6-4-3-5-7-10)13(16(17)18)9(2)15-8/h3-7,11-12H,1-2H3. The molecule has 5 heteroatoms. The first-order valence-corrected chi connectivity index (χ1v) is 6.05. The van der Waals surface area contributed by atoms with Crippen molar-refractivity contribution in [2.24, 2.45) is 4.99 Å². The molecule has 2 unspecified atom stereocenters. The highest BCUT2D eigenvalue weighted by Crippen LogP contribution is 2.37. The number of aliphatic imine (C=N–C) groups is 1. The maximum Gasteiger partial charge on any atom is 0.276 e. The molecule has 1 aliphatic rings. The minimum absolute atomic E-state index is 0.0896. The first-order valence-electron chi connectivity index (χ1n) is 5.61. The first kappa shape index (κ1) is 12.8. The highest BCUT2D eigenvalue weighted by Gasteiger charge is 2.39. The van der Waals surface area contributed by atoms with Crippen LogP contribution in [0.1, 0.15) is 25.3 Å². The Bertz CT molecular complexity index is 537. The van der Waals surface area contributed by atoms with Crippen molar-refractivity contribution >= 4 is 17.3 Å². The molecule has 94 valence electrons. The molecule has 0 fully saturated rings. The number of nitro groups is 1. The van der Waals surface area contributed by atoms with E-state index in [0.29, 0.717) is 11.4 Å². The second kappa shape index (κ2) is 4.90.